The average Bonchev–Trinajstić information content (AvgIpc) is 2.72. The van der Waals surface area contributed by atoms with E-state index >= 15 is 0 Å². The molecular formula is C20H26N6O4. The van der Waals surface area contributed by atoms with Crippen molar-refractivity contribution in [1.29, 1.82) is 0 Å². The SMILES string of the molecule is CN(C)c1ccc([N+](=O)[O-])c(C2CNCCN2c2cc(N(C)C)ccc2[N+](=O)[O-])c1. The van der Waals surface area contributed by atoms with Crippen molar-refractivity contribution < 1.29 is 9.85 Å². The Morgan fingerprint density at radius 1 is 0.933 bits per heavy atom. The molecule has 0 spiro atoms. The van der Waals surface area contributed by atoms with E-state index in [1.165, 1.54) is 12.1 Å². The molecule has 0 amide bonds. The van der Waals surface area contributed by atoms with Crippen molar-refractivity contribution in [3.63, 3.8) is 0 Å². The predicted molar refractivity (Wildman–Crippen MR) is 118 cm³/mol. The number of piperazine rings is 1. The molecular weight excluding hydrogens is 388 g/mol. The van der Waals surface area contributed by atoms with Crippen molar-refractivity contribution in [3.05, 3.63) is 62.2 Å². The van der Waals surface area contributed by atoms with Gasteiger partial charge in [-0.15, -0.1) is 0 Å². The highest BCUT2D eigenvalue weighted by Gasteiger charge is 2.33. The van der Waals surface area contributed by atoms with Crippen LogP contribution in [0.25, 0.3) is 0 Å². The van der Waals surface area contributed by atoms with Crippen LogP contribution in [0.2, 0.25) is 0 Å². The van der Waals surface area contributed by atoms with E-state index in [0.717, 1.165) is 11.4 Å². The molecule has 3 rings (SSSR count). The summed E-state index contributed by atoms with van der Waals surface area (Å²) in [5.74, 6) is 0. The smallest absolute Gasteiger partial charge is 0.292 e. The number of rotatable bonds is 6. The van der Waals surface area contributed by atoms with Gasteiger partial charge in [0, 0.05) is 71.3 Å². The van der Waals surface area contributed by atoms with Gasteiger partial charge >= 0.3 is 0 Å². The van der Waals surface area contributed by atoms with E-state index in [1.807, 2.05) is 42.9 Å². The van der Waals surface area contributed by atoms with Crippen LogP contribution >= 0.6 is 0 Å². The first-order valence-corrected chi connectivity index (χ1v) is 9.59. The van der Waals surface area contributed by atoms with Crippen LogP contribution < -0.4 is 20.0 Å². The molecule has 2 aromatic rings. The largest absolute Gasteiger partial charge is 0.378 e. The van der Waals surface area contributed by atoms with Gasteiger partial charge in [0.05, 0.1) is 21.5 Å². The Bertz CT molecular complexity index is 885. The fourth-order valence-corrected chi connectivity index (χ4v) is 3.70. The maximum Gasteiger partial charge on any atom is 0.292 e. The Labute approximate surface area is 175 Å². The van der Waals surface area contributed by atoms with Crippen LogP contribution in [-0.4, -0.2) is 57.7 Å². The Morgan fingerprint density at radius 2 is 1.50 bits per heavy atom. The Morgan fingerprint density at radius 3 is 2.07 bits per heavy atom. The molecule has 10 nitrogen and oxygen atoms in total. The first kappa shape index (κ1) is 21.3. The van der Waals surface area contributed by atoms with Gasteiger partial charge in [-0.05, 0) is 24.3 Å². The maximum atomic E-state index is 11.7. The third-order valence-corrected chi connectivity index (χ3v) is 5.31. The zero-order valence-electron chi connectivity index (χ0n) is 17.5. The molecule has 1 fully saturated rings. The molecule has 1 saturated heterocycles. The first-order valence-electron chi connectivity index (χ1n) is 9.59. The quantitative estimate of drug-likeness (QED) is 0.568. The molecule has 1 aliphatic rings. The number of hydrogen-bond acceptors (Lipinski definition) is 8. The van der Waals surface area contributed by atoms with Crippen LogP contribution in [0.4, 0.5) is 28.4 Å². The summed E-state index contributed by atoms with van der Waals surface area (Å²) >= 11 is 0. The number of nitro benzene ring substituents is 2. The van der Waals surface area contributed by atoms with Crippen molar-refractivity contribution in [2.75, 3.05) is 62.5 Å². The van der Waals surface area contributed by atoms with Crippen molar-refractivity contribution in [2.24, 2.45) is 0 Å². The van der Waals surface area contributed by atoms with E-state index < -0.39 is 15.9 Å². The standard InChI is InChI=1S/C20H26N6O4/c1-22(2)14-5-7-17(25(27)28)16(11-14)20-13-21-9-10-24(20)19-12-15(23(3)4)6-8-18(19)26(29)30/h5-8,11-12,20-21H,9-10,13H2,1-4H3. The maximum absolute atomic E-state index is 11.7. The molecule has 0 radical (unpaired) electrons. The molecule has 160 valence electrons. The summed E-state index contributed by atoms with van der Waals surface area (Å²) in [4.78, 5) is 28.3. The minimum absolute atomic E-state index is 0.00529. The summed E-state index contributed by atoms with van der Waals surface area (Å²) in [6.07, 6.45) is 0. The van der Waals surface area contributed by atoms with Gasteiger partial charge in [0.1, 0.15) is 5.69 Å². The molecule has 1 aliphatic heterocycles. The van der Waals surface area contributed by atoms with Crippen molar-refractivity contribution >= 4 is 28.4 Å². The van der Waals surface area contributed by atoms with E-state index in [-0.39, 0.29) is 11.4 Å². The Kier molecular flexibility index (Phi) is 6.06. The van der Waals surface area contributed by atoms with Crippen molar-refractivity contribution in [3.8, 4) is 0 Å². The molecule has 0 bridgehead atoms. The van der Waals surface area contributed by atoms with Crippen molar-refractivity contribution in [1.82, 2.24) is 5.32 Å². The van der Waals surface area contributed by atoms with Gasteiger partial charge in [-0.2, -0.15) is 0 Å². The van der Waals surface area contributed by atoms with Crippen LogP contribution in [0.1, 0.15) is 11.6 Å². The lowest BCUT2D eigenvalue weighted by molar-refractivity contribution is -0.385. The zero-order valence-corrected chi connectivity index (χ0v) is 17.5. The van der Waals surface area contributed by atoms with E-state index in [0.29, 0.717) is 30.9 Å². The van der Waals surface area contributed by atoms with E-state index in [1.54, 1.807) is 24.3 Å². The third kappa shape index (κ3) is 4.13. The van der Waals surface area contributed by atoms with Crippen LogP contribution in [-0.2, 0) is 0 Å². The Hall–Kier alpha value is -3.40. The van der Waals surface area contributed by atoms with Crippen LogP contribution in [0.3, 0.4) is 0 Å². The zero-order chi connectivity index (χ0) is 22.0. The van der Waals surface area contributed by atoms with Gasteiger partial charge in [0.25, 0.3) is 11.4 Å². The average molecular weight is 414 g/mol. The van der Waals surface area contributed by atoms with Crippen LogP contribution in [0.5, 0.6) is 0 Å². The number of nitro groups is 2. The fraction of sp³-hybridized carbons (Fsp3) is 0.400. The molecule has 0 aromatic heterocycles. The molecule has 1 N–H and O–H groups in total. The topological polar surface area (TPSA) is 108 Å². The second kappa shape index (κ2) is 8.54. The minimum atomic E-state index is -0.421. The lowest BCUT2D eigenvalue weighted by Crippen LogP contribution is -2.46. The molecule has 1 heterocycles. The summed E-state index contributed by atoms with van der Waals surface area (Å²) in [5.41, 5.74) is 2.64. The summed E-state index contributed by atoms with van der Waals surface area (Å²) in [6, 6.07) is 9.56. The second-order valence-corrected chi connectivity index (χ2v) is 7.63. The molecule has 30 heavy (non-hydrogen) atoms. The number of benzene rings is 2. The highest BCUT2D eigenvalue weighted by Crippen LogP contribution is 2.40. The highest BCUT2D eigenvalue weighted by molar-refractivity contribution is 5.72. The van der Waals surface area contributed by atoms with Gasteiger partial charge in [0.2, 0.25) is 0 Å². The minimum Gasteiger partial charge on any atom is -0.378 e. The summed E-state index contributed by atoms with van der Waals surface area (Å²) < 4.78 is 0. The normalized spacial score (nSPS) is 16.3. The molecule has 0 aliphatic carbocycles. The monoisotopic (exact) mass is 414 g/mol. The summed E-state index contributed by atoms with van der Waals surface area (Å²) in [6.45, 7) is 1.56. The highest BCUT2D eigenvalue weighted by atomic mass is 16.6. The number of hydrogen-bond donors (Lipinski definition) is 1. The molecule has 1 unspecified atom stereocenters. The van der Waals surface area contributed by atoms with Gasteiger partial charge in [-0.1, -0.05) is 0 Å². The number of nitrogens with one attached hydrogen (secondary N) is 1. The number of anilines is 3. The fourth-order valence-electron chi connectivity index (χ4n) is 3.70. The molecule has 10 heteroatoms. The lowest BCUT2D eigenvalue weighted by Gasteiger charge is -2.38. The lowest BCUT2D eigenvalue weighted by atomic mass is 9.99. The molecule has 0 saturated carbocycles. The van der Waals surface area contributed by atoms with Gasteiger partial charge in [-0.25, -0.2) is 0 Å². The van der Waals surface area contributed by atoms with Gasteiger partial charge in [0.15, 0.2) is 0 Å². The third-order valence-electron chi connectivity index (χ3n) is 5.31. The van der Waals surface area contributed by atoms with Gasteiger partial charge in [-0.3, -0.25) is 20.2 Å². The van der Waals surface area contributed by atoms with Crippen molar-refractivity contribution in [2.45, 2.75) is 6.04 Å². The molecule has 2 aromatic carbocycles. The Balaban J connectivity index is 2.18. The summed E-state index contributed by atoms with van der Waals surface area (Å²) in [7, 11) is 7.47. The van der Waals surface area contributed by atoms with E-state index in [9.17, 15) is 20.2 Å². The van der Waals surface area contributed by atoms with E-state index in [2.05, 4.69) is 5.32 Å². The predicted octanol–water partition coefficient (Wildman–Crippen LogP) is 2.79. The number of nitrogens with zero attached hydrogens (tertiary/aromatic N) is 5. The molecule has 1 atom stereocenters. The summed E-state index contributed by atoms with van der Waals surface area (Å²) in [5, 5.41) is 26.8. The van der Waals surface area contributed by atoms with E-state index in [4.69, 9.17) is 0 Å². The van der Waals surface area contributed by atoms with Crippen LogP contribution in [0.15, 0.2) is 36.4 Å². The van der Waals surface area contributed by atoms with Crippen LogP contribution in [0, 0.1) is 20.2 Å². The first-order chi connectivity index (χ1) is 14.2. The second-order valence-electron chi connectivity index (χ2n) is 7.63. The van der Waals surface area contributed by atoms with Gasteiger partial charge < -0.3 is 20.0 Å².